The summed E-state index contributed by atoms with van der Waals surface area (Å²) in [6.07, 6.45) is 0. The van der Waals surface area contributed by atoms with Crippen LogP contribution in [0.2, 0.25) is 0 Å². The average Bonchev–Trinajstić information content (AvgIpc) is 2.96. The molecule has 0 atom stereocenters. The summed E-state index contributed by atoms with van der Waals surface area (Å²) >= 11 is 0. The minimum absolute atomic E-state index is 0.338. The van der Waals surface area contributed by atoms with Gasteiger partial charge < -0.3 is 14.4 Å². The van der Waals surface area contributed by atoms with Gasteiger partial charge >= 0.3 is 0 Å². The molecule has 0 saturated carbocycles. The van der Waals surface area contributed by atoms with Crippen LogP contribution in [0.15, 0.2) is 77.8 Å². The Morgan fingerprint density at radius 2 is 1.47 bits per heavy atom. The van der Waals surface area contributed by atoms with Crippen LogP contribution in [0.25, 0.3) is 11.1 Å². The van der Waals surface area contributed by atoms with Crippen LogP contribution < -0.4 is 4.74 Å². The van der Waals surface area contributed by atoms with Crippen molar-refractivity contribution in [2.75, 3.05) is 13.7 Å². The van der Waals surface area contributed by atoms with E-state index < -0.39 is 0 Å². The number of hydrogen-bond donors (Lipinski definition) is 0. The van der Waals surface area contributed by atoms with Gasteiger partial charge in [0.25, 0.3) is 11.9 Å². The molecule has 0 saturated heterocycles. The van der Waals surface area contributed by atoms with Crippen molar-refractivity contribution in [3.05, 3.63) is 89.5 Å². The predicted molar refractivity (Wildman–Crippen MR) is 118 cm³/mol. The summed E-state index contributed by atoms with van der Waals surface area (Å²) in [7, 11) is 1.59. The number of benzene rings is 3. The Labute approximate surface area is 176 Å². The summed E-state index contributed by atoms with van der Waals surface area (Å²) in [5.74, 6) is 0.355. The summed E-state index contributed by atoms with van der Waals surface area (Å²) in [5, 5.41) is 0. The van der Waals surface area contributed by atoms with Crippen molar-refractivity contribution in [1.82, 2.24) is 4.90 Å². The lowest BCUT2D eigenvalue weighted by Crippen LogP contribution is -2.32. The van der Waals surface area contributed by atoms with E-state index in [-0.39, 0.29) is 5.91 Å². The van der Waals surface area contributed by atoms with E-state index in [9.17, 15) is 4.79 Å². The largest absolute Gasteiger partial charge is 0.497 e. The molecule has 0 aromatic heterocycles. The fourth-order valence-corrected chi connectivity index (χ4v) is 3.65. The number of carbonyl (C=O) groups is 1. The fraction of sp³-hybridized carbons (Fsp3) is 0.200. The van der Waals surface area contributed by atoms with E-state index in [1.54, 1.807) is 31.4 Å². The van der Waals surface area contributed by atoms with Crippen LogP contribution in [0.5, 0.6) is 5.75 Å². The zero-order valence-electron chi connectivity index (χ0n) is 17.2. The number of amidine groups is 1. The molecule has 0 spiro atoms. The molecule has 0 unspecified atom stereocenters. The Morgan fingerprint density at radius 1 is 0.900 bits per heavy atom. The van der Waals surface area contributed by atoms with Crippen LogP contribution in [0, 0.1) is 0 Å². The highest BCUT2D eigenvalue weighted by Gasteiger charge is 2.23. The van der Waals surface area contributed by atoms with Gasteiger partial charge in [-0.05, 0) is 53.4 Å². The number of fused-ring (bicyclic) bond motifs is 3. The van der Waals surface area contributed by atoms with Gasteiger partial charge in [-0.25, -0.2) is 0 Å². The van der Waals surface area contributed by atoms with Gasteiger partial charge in [0.05, 0.1) is 13.7 Å². The van der Waals surface area contributed by atoms with Gasteiger partial charge in [-0.3, -0.25) is 4.79 Å². The first-order valence-electron chi connectivity index (χ1n) is 10.0. The normalized spacial score (nSPS) is 13.1. The molecule has 3 aromatic carbocycles. The molecule has 0 N–H and O–H groups in total. The number of ether oxygens (including phenoxy) is 2. The smallest absolute Gasteiger partial charge is 0.296 e. The molecular weight excluding hydrogens is 376 g/mol. The van der Waals surface area contributed by atoms with Gasteiger partial charge in [-0.2, -0.15) is 4.99 Å². The van der Waals surface area contributed by atoms with Crippen molar-refractivity contribution >= 4 is 11.9 Å². The summed E-state index contributed by atoms with van der Waals surface area (Å²) in [4.78, 5) is 19.2. The number of hydrogen-bond acceptors (Lipinski definition) is 3. The molecular formula is C25H24N2O3. The third-order valence-corrected chi connectivity index (χ3v) is 5.13. The van der Waals surface area contributed by atoms with Gasteiger partial charge in [-0.15, -0.1) is 0 Å². The van der Waals surface area contributed by atoms with Gasteiger partial charge in [0.1, 0.15) is 5.75 Å². The van der Waals surface area contributed by atoms with Crippen LogP contribution in [0.3, 0.4) is 0 Å². The van der Waals surface area contributed by atoms with Crippen molar-refractivity contribution in [2.24, 2.45) is 4.99 Å². The summed E-state index contributed by atoms with van der Waals surface area (Å²) in [5.41, 5.74) is 5.24. The second kappa shape index (κ2) is 8.82. The molecule has 0 bridgehead atoms. The maximum Gasteiger partial charge on any atom is 0.296 e. The first-order chi connectivity index (χ1) is 14.7. The molecule has 3 aromatic rings. The van der Waals surface area contributed by atoms with Crippen molar-refractivity contribution in [2.45, 2.75) is 20.0 Å². The highest BCUT2D eigenvalue weighted by molar-refractivity contribution is 6.01. The number of nitrogens with zero attached hydrogens (tertiary/aromatic N) is 2. The van der Waals surface area contributed by atoms with Gasteiger partial charge in [0.15, 0.2) is 0 Å². The lowest BCUT2D eigenvalue weighted by Gasteiger charge is -2.24. The average molecular weight is 400 g/mol. The van der Waals surface area contributed by atoms with Crippen LogP contribution in [-0.4, -0.2) is 30.5 Å². The minimum atomic E-state index is -0.341. The molecule has 5 heteroatoms. The van der Waals surface area contributed by atoms with E-state index in [0.29, 0.717) is 37.0 Å². The molecule has 1 aliphatic heterocycles. The molecule has 1 aliphatic rings. The Morgan fingerprint density at radius 3 is 2.00 bits per heavy atom. The Kier molecular flexibility index (Phi) is 5.80. The Hall–Kier alpha value is -3.60. The molecule has 0 radical (unpaired) electrons. The van der Waals surface area contributed by atoms with Crippen molar-refractivity contribution < 1.29 is 14.3 Å². The van der Waals surface area contributed by atoms with E-state index in [4.69, 9.17) is 9.47 Å². The Bertz CT molecular complexity index is 1030. The first-order valence-corrected chi connectivity index (χ1v) is 10.0. The summed E-state index contributed by atoms with van der Waals surface area (Å²) in [6.45, 7) is 3.54. The topological polar surface area (TPSA) is 51.1 Å². The van der Waals surface area contributed by atoms with E-state index in [1.807, 2.05) is 24.0 Å². The molecule has 1 amide bonds. The quantitative estimate of drug-likeness (QED) is 0.463. The number of aliphatic imine (C=N–C) groups is 1. The second-order valence-electron chi connectivity index (χ2n) is 7.03. The third-order valence-electron chi connectivity index (χ3n) is 5.13. The van der Waals surface area contributed by atoms with E-state index in [2.05, 4.69) is 41.4 Å². The Balaban J connectivity index is 1.70. The highest BCUT2D eigenvalue weighted by atomic mass is 16.5. The lowest BCUT2D eigenvalue weighted by molar-refractivity contribution is 0.0993. The zero-order chi connectivity index (χ0) is 20.9. The number of methoxy groups -OCH3 is 1. The lowest BCUT2D eigenvalue weighted by atomic mass is 9.97. The summed E-state index contributed by atoms with van der Waals surface area (Å²) in [6, 6.07) is 23.9. The second-order valence-corrected chi connectivity index (χ2v) is 7.03. The fourth-order valence-electron chi connectivity index (χ4n) is 3.65. The van der Waals surface area contributed by atoms with E-state index in [1.165, 1.54) is 22.3 Å². The van der Waals surface area contributed by atoms with Crippen LogP contribution in [0.1, 0.15) is 28.4 Å². The molecule has 0 aliphatic carbocycles. The number of rotatable bonds is 3. The monoisotopic (exact) mass is 400 g/mol. The van der Waals surface area contributed by atoms with Crippen LogP contribution >= 0.6 is 0 Å². The van der Waals surface area contributed by atoms with Crippen molar-refractivity contribution in [3.8, 4) is 16.9 Å². The molecule has 4 rings (SSSR count). The molecule has 1 heterocycles. The predicted octanol–water partition coefficient (Wildman–Crippen LogP) is 4.91. The third kappa shape index (κ3) is 4.06. The standard InChI is InChI=1S/C25H24N2O3/c1-3-30-25(26-24(28)18-12-14-21(29-2)15-13-18)27-16-19-8-4-6-10-22(19)23-11-7-5-9-20(23)17-27/h4-15H,3,16-17H2,1-2H3/b26-25-. The van der Waals surface area contributed by atoms with Gasteiger partial charge in [-0.1, -0.05) is 48.5 Å². The first kappa shape index (κ1) is 19.7. The SMILES string of the molecule is CCO/C(=N\C(=O)c1ccc(OC)cc1)N1Cc2ccccc2-c2ccccc2C1. The molecule has 152 valence electrons. The molecule has 0 fully saturated rings. The number of amides is 1. The molecule has 5 nitrogen and oxygen atoms in total. The maximum absolute atomic E-state index is 12.8. The zero-order valence-corrected chi connectivity index (χ0v) is 17.2. The highest BCUT2D eigenvalue weighted by Crippen LogP contribution is 2.32. The minimum Gasteiger partial charge on any atom is -0.497 e. The van der Waals surface area contributed by atoms with Crippen LogP contribution in [-0.2, 0) is 17.8 Å². The number of carbonyl (C=O) groups excluding carboxylic acids is 1. The van der Waals surface area contributed by atoms with Crippen molar-refractivity contribution in [1.29, 1.82) is 0 Å². The van der Waals surface area contributed by atoms with Gasteiger partial charge in [0, 0.05) is 18.7 Å². The molecule has 30 heavy (non-hydrogen) atoms. The van der Waals surface area contributed by atoms with E-state index >= 15 is 0 Å². The van der Waals surface area contributed by atoms with E-state index in [0.717, 1.165) is 0 Å². The van der Waals surface area contributed by atoms with Gasteiger partial charge in [0.2, 0.25) is 0 Å². The van der Waals surface area contributed by atoms with Crippen LogP contribution in [0.4, 0.5) is 0 Å². The maximum atomic E-state index is 12.8. The summed E-state index contributed by atoms with van der Waals surface area (Å²) < 4.78 is 11.0. The van der Waals surface area contributed by atoms with Crippen molar-refractivity contribution in [3.63, 3.8) is 0 Å².